The van der Waals surface area contributed by atoms with Crippen LogP contribution in [0.5, 0.6) is 0 Å². The Bertz CT molecular complexity index is 1420. The Morgan fingerprint density at radius 2 is 1.78 bits per heavy atom. The van der Waals surface area contributed by atoms with E-state index in [0.29, 0.717) is 15.7 Å². The molecule has 2 N–H and O–H groups in total. The zero-order chi connectivity index (χ0) is 25.9. The molecule has 0 aliphatic heterocycles. The molecule has 0 saturated carbocycles. The normalized spacial score (nSPS) is 12.1. The quantitative estimate of drug-likeness (QED) is 0.375. The number of aromatic nitrogens is 6. The van der Waals surface area contributed by atoms with Crippen LogP contribution in [0.25, 0.3) is 11.3 Å². The Hall–Kier alpha value is -4.19. The minimum absolute atomic E-state index is 0.0584. The Morgan fingerprint density at radius 1 is 1.00 bits per heavy atom. The first-order valence-electron chi connectivity index (χ1n) is 10.9. The predicted molar refractivity (Wildman–Crippen MR) is 132 cm³/mol. The number of nitrogens with one attached hydrogen (secondary N) is 2. The summed E-state index contributed by atoms with van der Waals surface area (Å²) in [6.07, 6.45) is 5.37. The molecule has 10 nitrogen and oxygen atoms in total. The number of halogens is 1. The van der Waals surface area contributed by atoms with E-state index in [1.165, 1.54) is 37.2 Å². The minimum atomic E-state index is -0.693. The van der Waals surface area contributed by atoms with E-state index in [2.05, 4.69) is 40.5 Å². The molecule has 1 unspecified atom stereocenters. The highest BCUT2D eigenvalue weighted by atomic mass is 32.1. The minimum Gasteiger partial charge on any atom is -0.342 e. The molecule has 2 amide bonds. The third-order valence-electron chi connectivity index (χ3n) is 5.08. The van der Waals surface area contributed by atoms with E-state index in [9.17, 15) is 14.0 Å². The SMILES string of the molecule is CC(NC(=O)c1cc(-c2cccnc2F)ncn1)c1ncc(C(=O)Nc2cc(C(C)(C)C)ncn2)s1. The van der Waals surface area contributed by atoms with Crippen molar-refractivity contribution in [3.63, 3.8) is 0 Å². The van der Waals surface area contributed by atoms with Gasteiger partial charge in [0.25, 0.3) is 11.8 Å². The molecule has 0 aliphatic rings. The number of thiazole rings is 1. The van der Waals surface area contributed by atoms with E-state index in [1.54, 1.807) is 19.1 Å². The second-order valence-corrected chi connectivity index (χ2v) is 9.94. The summed E-state index contributed by atoms with van der Waals surface area (Å²) < 4.78 is 14.0. The van der Waals surface area contributed by atoms with Crippen LogP contribution in [0.4, 0.5) is 10.2 Å². The molecule has 0 spiro atoms. The fourth-order valence-corrected chi connectivity index (χ4v) is 3.96. The smallest absolute Gasteiger partial charge is 0.270 e. The monoisotopic (exact) mass is 506 g/mol. The number of hydrogen-bond acceptors (Lipinski definition) is 9. The molecule has 0 fully saturated rings. The van der Waals surface area contributed by atoms with Crippen LogP contribution in [0.15, 0.2) is 49.3 Å². The molecule has 36 heavy (non-hydrogen) atoms. The van der Waals surface area contributed by atoms with Gasteiger partial charge in [-0.3, -0.25) is 9.59 Å². The molecule has 0 aromatic carbocycles. The van der Waals surface area contributed by atoms with E-state index >= 15 is 0 Å². The summed E-state index contributed by atoms with van der Waals surface area (Å²) in [4.78, 5) is 50.1. The topological polar surface area (TPSA) is 136 Å². The Kier molecular flexibility index (Phi) is 7.06. The van der Waals surface area contributed by atoms with E-state index in [-0.39, 0.29) is 28.3 Å². The van der Waals surface area contributed by atoms with Crippen LogP contribution in [-0.4, -0.2) is 41.7 Å². The maximum Gasteiger partial charge on any atom is 0.270 e. The van der Waals surface area contributed by atoms with Crippen LogP contribution in [0, 0.1) is 5.95 Å². The van der Waals surface area contributed by atoms with Crippen molar-refractivity contribution in [2.24, 2.45) is 0 Å². The van der Waals surface area contributed by atoms with Crippen LogP contribution in [0.2, 0.25) is 0 Å². The standard InChI is InChI=1S/C24H23FN8O2S/c1-13(32-21(34)16-8-15(28-11-29-16)14-6-5-7-26-20(14)25)23-27-10-17(36-23)22(35)33-19-9-18(24(2,3)4)30-12-31-19/h5-13H,1-4H3,(H,32,34)(H,30,31,33,35). The highest BCUT2D eigenvalue weighted by Crippen LogP contribution is 2.24. The van der Waals surface area contributed by atoms with Crippen molar-refractivity contribution in [3.8, 4) is 11.3 Å². The summed E-state index contributed by atoms with van der Waals surface area (Å²) in [5.74, 6) is -1.16. The van der Waals surface area contributed by atoms with Crippen LogP contribution in [-0.2, 0) is 5.41 Å². The largest absolute Gasteiger partial charge is 0.342 e. The van der Waals surface area contributed by atoms with Crippen molar-refractivity contribution in [2.45, 2.75) is 39.2 Å². The Morgan fingerprint density at radius 3 is 2.53 bits per heavy atom. The number of hydrogen-bond donors (Lipinski definition) is 2. The number of carbonyl (C=O) groups excluding carboxylic acids is 2. The summed E-state index contributed by atoms with van der Waals surface area (Å²) in [7, 11) is 0. The molecule has 4 rings (SSSR count). The zero-order valence-electron chi connectivity index (χ0n) is 20.0. The van der Waals surface area contributed by atoms with Crippen LogP contribution in [0.3, 0.4) is 0 Å². The van der Waals surface area contributed by atoms with Crippen molar-refractivity contribution in [2.75, 3.05) is 5.32 Å². The van der Waals surface area contributed by atoms with Crippen LogP contribution in [0.1, 0.15) is 64.6 Å². The molecule has 4 aromatic rings. The predicted octanol–water partition coefficient (Wildman–Crippen LogP) is 3.97. The summed E-state index contributed by atoms with van der Waals surface area (Å²) in [6, 6.07) is 5.70. The molecule has 0 radical (unpaired) electrons. The van der Waals surface area contributed by atoms with Gasteiger partial charge < -0.3 is 10.6 Å². The highest BCUT2D eigenvalue weighted by Gasteiger charge is 2.20. The Balaban J connectivity index is 1.43. The van der Waals surface area contributed by atoms with Crippen LogP contribution < -0.4 is 10.6 Å². The van der Waals surface area contributed by atoms with Gasteiger partial charge in [-0.1, -0.05) is 20.8 Å². The molecule has 12 heteroatoms. The van der Waals surface area contributed by atoms with Crippen molar-refractivity contribution < 1.29 is 14.0 Å². The van der Waals surface area contributed by atoms with Crippen molar-refractivity contribution >= 4 is 29.0 Å². The summed E-state index contributed by atoms with van der Waals surface area (Å²) in [5, 5.41) is 6.07. The fourth-order valence-electron chi connectivity index (χ4n) is 3.14. The third kappa shape index (κ3) is 5.71. The number of rotatable bonds is 6. The van der Waals surface area contributed by atoms with Gasteiger partial charge in [0.2, 0.25) is 5.95 Å². The lowest BCUT2D eigenvalue weighted by molar-refractivity contribution is 0.0934. The first kappa shape index (κ1) is 24.9. The number of pyridine rings is 1. The van der Waals surface area contributed by atoms with Gasteiger partial charge in [0.15, 0.2) is 0 Å². The fraction of sp³-hybridized carbons (Fsp3) is 0.250. The van der Waals surface area contributed by atoms with E-state index in [0.717, 1.165) is 17.0 Å². The van der Waals surface area contributed by atoms with Gasteiger partial charge in [-0.2, -0.15) is 4.39 Å². The average Bonchev–Trinajstić information content (AvgIpc) is 3.35. The highest BCUT2D eigenvalue weighted by molar-refractivity contribution is 7.13. The molecule has 4 heterocycles. The molecule has 0 aliphatic carbocycles. The number of carbonyl (C=O) groups is 2. The van der Waals surface area contributed by atoms with Gasteiger partial charge in [0.05, 0.1) is 29.2 Å². The summed E-state index contributed by atoms with van der Waals surface area (Å²) >= 11 is 1.15. The van der Waals surface area contributed by atoms with Gasteiger partial charge in [-0.05, 0) is 25.1 Å². The maximum atomic E-state index is 14.0. The number of anilines is 1. The van der Waals surface area contributed by atoms with Crippen LogP contribution >= 0.6 is 11.3 Å². The van der Waals surface area contributed by atoms with Gasteiger partial charge in [0.1, 0.15) is 34.1 Å². The van der Waals surface area contributed by atoms with E-state index < -0.39 is 17.9 Å². The summed E-state index contributed by atoms with van der Waals surface area (Å²) in [5.41, 5.74) is 1.07. The molecule has 0 saturated heterocycles. The second kappa shape index (κ2) is 10.2. The van der Waals surface area contributed by atoms with Crippen molar-refractivity contribution in [1.82, 2.24) is 35.2 Å². The zero-order valence-corrected chi connectivity index (χ0v) is 20.8. The van der Waals surface area contributed by atoms with E-state index in [4.69, 9.17) is 0 Å². The molecular formula is C24H23FN8O2S. The van der Waals surface area contributed by atoms with Crippen molar-refractivity contribution in [1.29, 1.82) is 0 Å². The number of amides is 2. The first-order chi connectivity index (χ1) is 17.1. The van der Waals surface area contributed by atoms with E-state index in [1.807, 2.05) is 20.8 Å². The van der Waals surface area contributed by atoms with Gasteiger partial charge in [0, 0.05) is 17.7 Å². The lowest BCUT2D eigenvalue weighted by Crippen LogP contribution is -2.27. The second-order valence-electron chi connectivity index (χ2n) is 8.88. The lowest BCUT2D eigenvalue weighted by Gasteiger charge is -2.17. The van der Waals surface area contributed by atoms with Gasteiger partial charge >= 0.3 is 0 Å². The number of nitrogens with zero attached hydrogens (tertiary/aromatic N) is 6. The average molecular weight is 507 g/mol. The summed E-state index contributed by atoms with van der Waals surface area (Å²) in [6.45, 7) is 7.80. The molecule has 0 bridgehead atoms. The van der Waals surface area contributed by atoms with Crippen molar-refractivity contribution in [3.05, 3.63) is 76.5 Å². The lowest BCUT2D eigenvalue weighted by atomic mass is 9.92. The maximum absolute atomic E-state index is 14.0. The van der Waals surface area contributed by atoms with Gasteiger partial charge in [-0.15, -0.1) is 11.3 Å². The molecule has 1 atom stereocenters. The first-order valence-corrected chi connectivity index (χ1v) is 11.8. The molecule has 4 aromatic heterocycles. The third-order valence-corrected chi connectivity index (χ3v) is 6.26. The Labute approximate surface area is 210 Å². The molecular weight excluding hydrogens is 483 g/mol. The molecule has 184 valence electrons. The van der Waals surface area contributed by atoms with Gasteiger partial charge in [-0.25, -0.2) is 29.9 Å².